The Hall–Kier alpha value is -1.75. The Morgan fingerprint density at radius 1 is 1.40 bits per heavy atom. The van der Waals surface area contributed by atoms with Crippen LogP contribution in [-0.4, -0.2) is 36.5 Å². The highest BCUT2D eigenvalue weighted by atomic mass is 16.1. The van der Waals surface area contributed by atoms with E-state index in [0.717, 1.165) is 23.5 Å². The van der Waals surface area contributed by atoms with Crippen LogP contribution >= 0.6 is 0 Å². The minimum Gasteiger partial charge on any atom is -0.397 e. The summed E-state index contributed by atoms with van der Waals surface area (Å²) in [6.45, 7) is 5.50. The lowest BCUT2D eigenvalue weighted by Gasteiger charge is -2.24. The third kappa shape index (κ3) is 2.58. The molecular formula is C15H22N4O. The molecule has 0 aliphatic carbocycles. The second kappa shape index (κ2) is 5.32. The number of nitrogens with one attached hydrogen (secondary N) is 2. The molecule has 2 aliphatic rings. The number of nitrogens with two attached hydrogens (primary N) is 1. The number of likely N-dealkylation sites (tertiary alicyclic amines) is 1. The van der Waals surface area contributed by atoms with Crippen LogP contribution in [0.3, 0.4) is 0 Å². The molecule has 0 spiro atoms. The highest BCUT2D eigenvalue weighted by Crippen LogP contribution is 2.31. The van der Waals surface area contributed by atoms with Gasteiger partial charge in [-0.15, -0.1) is 0 Å². The molecule has 1 fully saturated rings. The number of nitrogens with zero attached hydrogens (tertiary/aromatic N) is 1. The van der Waals surface area contributed by atoms with Gasteiger partial charge in [-0.3, -0.25) is 9.69 Å². The van der Waals surface area contributed by atoms with E-state index in [0.29, 0.717) is 18.2 Å². The van der Waals surface area contributed by atoms with Gasteiger partial charge in [-0.05, 0) is 50.6 Å². The van der Waals surface area contributed by atoms with Gasteiger partial charge in [0.1, 0.15) is 0 Å². The Kier molecular flexibility index (Phi) is 3.53. The van der Waals surface area contributed by atoms with E-state index in [4.69, 9.17) is 5.73 Å². The molecule has 4 N–H and O–H groups in total. The van der Waals surface area contributed by atoms with Gasteiger partial charge < -0.3 is 16.4 Å². The maximum absolute atomic E-state index is 11.4. The second-order valence-electron chi connectivity index (χ2n) is 5.79. The number of anilines is 3. The van der Waals surface area contributed by atoms with Gasteiger partial charge in [-0.25, -0.2) is 0 Å². The first-order valence-electron chi connectivity index (χ1n) is 7.33. The van der Waals surface area contributed by atoms with E-state index >= 15 is 0 Å². The molecule has 2 aliphatic heterocycles. The van der Waals surface area contributed by atoms with E-state index in [2.05, 4.69) is 22.5 Å². The third-order valence-corrected chi connectivity index (χ3v) is 4.25. The Morgan fingerprint density at radius 3 is 2.90 bits per heavy atom. The topological polar surface area (TPSA) is 70.4 Å². The molecule has 0 saturated carbocycles. The molecule has 108 valence electrons. The van der Waals surface area contributed by atoms with Crippen molar-refractivity contribution < 1.29 is 4.79 Å². The van der Waals surface area contributed by atoms with Gasteiger partial charge >= 0.3 is 0 Å². The zero-order valence-electron chi connectivity index (χ0n) is 11.9. The van der Waals surface area contributed by atoms with Crippen molar-refractivity contribution >= 4 is 23.0 Å². The van der Waals surface area contributed by atoms with Gasteiger partial charge in [-0.2, -0.15) is 0 Å². The summed E-state index contributed by atoms with van der Waals surface area (Å²) in [5.74, 6) is 0.0435. The minimum absolute atomic E-state index is 0.0435. The number of hydrogen-bond donors (Lipinski definition) is 3. The molecule has 1 aromatic carbocycles. The molecule has 5 nitrogen and oxygen atoms in total. The average molecular weight is 274 g/mol. The molecule has 5 heteroatoms. The van der Waals surface area contributed by atoms with E-state index < -0.39 is 0 Å². The zero-order chi connectivity index (χ0) is 14.1. The van der Waals surface area contributed by atoms with Crippen LogP contribution < -0.4 is 16.4 Å². The number of amides is 1. The van der Waals surface area contributed by atoms with Crippen LogP contribution in [0.4, 0.5) is 17.1 Å². The number of fused-ring (bicyclic) bond motifs is 1. The lowest BCUT2D eigenvalue weighted by molar-refractivity contribution is -0.115. The lowest BCUT2D eigenvalue weighted by atomic mass is 10.1. The first-order valence-corrected chi connectivity index (χ1v) is 7.33. The van der Waals surface area contributed by atoms with Crippen LogP contribution in [0.25, 0.3) is 0 Å². The first-order chi connectivity index (χ1) is 9.63. The van der Waals surface area contributed by atoms with Crippen molar-refractivity contribution in [2.75, 3.05) is 36.0 Å². The Bertz CT molecular complexity index is 523. The minimum atomic E-state index is 0.0435. The lowest BCUT2D eigenvalue weighted by Crippen LogP contribution is -2.35. The number of carbonyl (C=O) groups is 1. The molecular weight excluding hydrogens is 252 g/mol. The van der Waals surface area contributed by atoms with E-state index in [1.54, 1.807) is 0 Å². The summed E-state index contributed by atoms with van der Waals surface area (Å²) in [5, 5.41) is 6.28. The predicted octanol–water partition coefficient (Wildman–Crippen LogP) is 1.66. The number of hydrogen-bond acceptors (Lipinski definition) is 4. The molecule has 1 atom stereocenters. The van der Waals surface area contributed by atoms with E-state index in [9.17, 15) is 4.79 Å². The van der Waals surface area contributed by atoms with Crippen molar-refractivity contribution in [2.45, 2.75) is 32.2 Å². The fourth-order valence-corrected chi connectivity index (χ4v) is 3.02. The summed E-state index contributed by atoms with van der Waals surface area (Å²) in [6.07, 6.45) is 3.04. The number of rotatable bonds is 4. The highest BCUT2D eigenvalue weighted by Gasteiger charge is 2.21. The molecule has 0 bridgehead atoms. The first kappa shape index (κ1) is 13.2. The van der Waals surface area contributed by atoms with Gasteiger partial charge in [0.05, 0.1) is 17.8 Å². The number of nitrogen functional groups attached to an aromatic ring is 1. The monoisotopic (exact) mass is 274 g/mol. The molecule has 1 amide bonds. The van der Waals surface area contributed by atoms with Crippen LogP contribution in [-0.2, 0) is 11.2 Å². The summed E-state index contributed by atoms with van der Waals surface area (Å²) < 4.78 is 0. The standard InChI is InChI=1S/C15H22N4O/c1-10(19-4-2-3-5-19)9-17-14-8-13-11(6-12(14)16)7-15(20)18-13/h6,8,10,17H,2-5,7,9,16H2,1H3,(H,18,20). The molecule has 20 heavy (non-hydrogen) atoms. The molecule has 1 unspecified atom stereocenters. The van der Waals surface area contributed by atoms with Crippen LogP contribution in [0.1, 0.15) is 25.3 Å². The predicted molar refractivity (Wildman–Crippen MR) is 81.9 cm³/mol. The summed E-state index contributed by atoms with van der Waals surface area (Å²) >= 11 is 0. The summed E-state index contributed by atoms with van der Waals surface area (Å²) in [6, 6.07) is 4.35. The van der Waals surface area contributed by atoms with Gasteiger partial charge in [0, 0.05) is 18.3 Å². The number of benzene rings is 1. The van der Waals surface area contributed by atoms with Crippen LogP contribution in [0.15, 0.2) is 12.1 Å². The summed E-state index contributed by atoms with van der Waals surface area (Å²) in [7, 11) is 0. The third-order valence-electron chi connectivity index (χ3n) is 4.25. The highest BCUT2D eigenvalue weighted by molar-refractivity contribution is 6.00. The molecule has 1 saturated heterocycles. The van der Waals surface area contributed by atoms with Gasteiger partial charge in [0.25, 0.3) is 0 Å². The fraction of sp³-hybridized carbons (Fsp3) is 0.533. The molecule has 2 heterocycles. The van der Waals surface area contributed by atoms with Crippen molar-refractivity contribution in [3.8, 4) is 0 Å². The van der Waals surface area contributed by atoms with Gasteiger partial charge in [-0.1, -0.05) is 0 Å². The second-order valence-corrected chi connectivity index (χ2v) is 5.79. The van der Waals surface area contributed by atoms with E-state index in [1.807, 2.05) is 12.1 Å². The molecule has 1 aromatic rings. The quantitative estimate of drug-likeness (QED) is 0.730. The van der Waals surface area contributed by atoms with Crippen LogP contribution in [0, 0.1) is 0 Å². The molecule has 0 radical (unpaired) electrons. The van der Waals surface area contributed by atoms with Crippen molar-refractivity contribution in [3.63, 3.8) is 0 Å². The van der Waals surface area contributed by atoms with Crippen LogP contribution in [0.5, 0.6) is 0 Å². The maximum Gasteiger partial charge on any atom is 0.228 e. The van der Waals surface area contributed by atoms with Crippen molar-refractivity contribution in [3.05, 3.63) is 17.7 Å². The largest absolute Gasteiger partial charge is 0.397 e. The Balaban J connectivity index is 1.65. The normalized spacial score (nSPS) is 19.8. The van der Waals surface area contributed by atoms with Crippen molar-refractivity contribution in [1.29, 1.82) is 0 Å². The molecule has 3 rings (SSSR count). The zero-order valence-corrected chi connectivity index (χ0v) is 11.9. The maximum atomic E-state index is 11.4. The van der Waals surface area contributed by atoms with E-state index in [1.165, 1.54) is 25.9 Å². The van der Waals surface area contributed by atoms with Gasteiger partial charge in [0.15, 0.2) is 0 Å². The Labute approximate surface area is 119 Å². The van der Waals surface area contributed by atoms with E-state index in [-0.39, 0.29) is 5.91 Å². The fourth-order valence-electron chi connectivity index (χ4n) is 3.02. The summed E-state index contributed by atoms with van der Waals surface area (Å²) in [4.78, 5) is 13.9. The smallest absolute Gasteiger partial charge is 0.228 e. The Morgan fingerprint density at radius 2 is 2.15 bits per heavy atom. The van der Waals surface area contributed by atoms with Gasteiger partial charge in [0.2, 0.25) is 5.91 Å². The summed E-state index contributed by atoms with van der Waals surface area (Å²) in [5.41, 5.74) is 9.57. The number of carbonyl (C=O) groups excluding carboxylic acids is 1. The van der Waals surface area contributed by atoms with Crippen molar-refractivity contribution in [2.24, 2.45) is 0 Å². The average Bonchev–Trinajstić information content (AvgIpc) is 3.03. The SMILES string of the molecule is CC(CNc1cc2c(cc1N)CC(=O)N2)N1CCCC1. The van der Waals surface area contributed by atoms with Crippen molar-refractivity contribution in [1.82, 2.24) is 4.90 Å². The molecule has 0 aromatic heterocycles. The van der Waals surface area contributed by atoms with Crippen LogP contribution in [0.2, 0.25) is 0 Å².